The van der Waals surface area contributed by atoms with Crippen molar-refractivity contribution in [3.8, 4) is 0 Å². The van der Waals surface area contributed by atoms with Crippen molar-refractivity contribution in [2.75, 3.05) is 11.5 Å². The van der Waals surface area contributed by atoms with Gasteiger partial charge in [-0.3, -0.25) is 0 Å². The van der Waals surface area contributed by atoms with Gasteiger partial charge in [0.05, 0.1) is 0 Å². The van der Waals surface area contributed by atoms with Gasteiger partial charge in [0.1, 0.15) is 0 Å². The predicted molar refractivity (Wildman–Crippen MR) is 104 cm³/mol. The summed E-state index contributed by atoms with van der Waals surface area (Å²) in [5.74, 6) is -41.7. The molecule has 1 saturated heterocycles. The zero-order valence-corrected chi connectivity index (χ0v) is 21.2. The van der Waals surface area contributed by atoms with Crippen molar-refractivity contribution >= 4 is 23.1 Å². The Labute approximate surface area is 218 Å². The summed E-state index contributed by atoms with van der Waals surface area (Å²) in [5, 5.41) is 0. The van der Waals surface area contributed by atoms with Crippen molar-refractivity contribution in [1.29, 1.82) is 0 Å². The summed E-state index contributed by atoms with van der Waals surface area (Å²) in [6, 6.07) is 0. The van der Waals surface area contributed by atoms with Gasteiger partial charge < -0.3 is 0 Å². The van der Waals surface area contributed by atoms with Crippen LogP contribution in [0.2, 0.25) is 0 Å². The maximum atomic E-state index is 14.4. The normalized spacial score (nSPS) is 13.5. The predicted octanol–water partition coefficient (Wildman–Crippen LogP) is 6.18. The molecule has 0 aromatic heterocycles. The van der Waals surface area contributed by atoms with Crippen LogP contribution in [0.4, 0.5) is 65.9 Å². The number of hydrogen-bond donors (Lipinski definition) is 0. The molecule has 17 heteroatoms. The number of rotatable bonds is 3. The molecule has 0 unspecified atom stereocenters. The van der Waals surface area contributed by atoms with Crippen LogP contribution in [0.15, 0.2) is 0 Å². The molecule has 3 aromatic carbocycles. The average molecular weight is 786 g/mol. The Hall–Kier alpha value is -2.30. The minimum absolute atomic E-state index is 1.42. The second kappa shape index (κ2) is 12.1. The third-order valence-electron chi connectivity index (χ3n) is 4.65. The van der Waals surface area contributed by atoms with E-state index in [9.17, 15) is 65.9 Å². The molecule has 1 aliphatic heterocycles. The van der Waals surface area contributed by atoms with Crippen molar-refractivity contribution in [3.05, 3.63) is 87.3 Å². The Balaban J connectivity index is 0.000000753. The van der Waals surface area contributed by atoms with Crippen LogP contribution in [-0.4, -0.2) is 11.5 Å². The van der Waals surface area contributed by atoms with Gasteiger partial charge in [-0.05, 0) is 24.3 Å². The van der Waals surface area contributed by atoms with Crippen molar-refractivity contribution in [3.63, 3.8) is 0 Å². The average Bonchev–Trinajstić information content (AvgIpc) is 3.51. The molecular weight excluding hydrogens is 778 g/mol. The minimum atomic E-state index is -6.10. The fraction of sp³-hybridized carbons (Fsp3) is 0.182. The van der Waals surface area contributed by atoms with Crippen LogP contribution in [-0.2, 0) is 18.4 Å². The van der Waals surface area contributed by atoms with E-state index in [0.29, 0.717) is 0 Å². The van der Waals surface area contributed by atoms with Crippen molar-refractivity contribution in [1.82, 2.24) is 0 Å². The number of benzene rings is 3. The van der Waals surface area contributed by atoms with Gasteiger partial charge in [0, 0.05) is 0 Å². The van der Waals surface area contributed by atoms with E-state index >= 15 is 0 Å². The summed E-state index contributed by atoms with van der Waals surface area (Å²) in [5.41, 5.74) is 0. The monoisotopic (exact) mass is 786 g/mol. The molecule has 3 aromatic rings. The summed E-state index contributed by atoms with van der Waals surface area (Å²) < 4.78 is 201. The first kappa shape index (κ1) is 31.2. The number of thioether (sulfide) groups is 1. The van der Waals surface area contributed by atoms with Gasteiger partial charge in [-0.2, -0.15) is 11.8 Å². The summed E-state index contributed by atoms with van der Waals surface area (Å²) in [7, 11) is 0. The second-order valence-electron chi connectivity index (χ2n) is 7.08. The van der Waals surface area contributed by atoms with Crippen molar-refractivity contribution in [2.24, 2.45) is 0 Å². The fourth-order valence-electron chi connectivity index (χ4n) is 2.82. The first-order chi connectivity index (χ1) is 18.2. The molecule has 218 valence electrons. The van der Waals surface area contributed by atoms with Gasteiger partial charge in [-0.25, -0.2) is 0 Å². The van der Waals surface area contributed by atoms with E-state index in [4.69, 9.17) is 0 Å². The van der Waals surface area contributed by atoms with Crippen LogP contribution < -0.4 is 11.3 Å². The maximum absolute atomic E-state index is 14.4. The molecule has 0 amide bonds. The van der Waals surface area contributed by atoms with E-state index in [1.807, 2.05) is 0 Å². The van der Waals surface area contributed by atoms with Gasteiger partial charge in [0.2, 0.25) is 0 Å². The molecule has 0 saturated carbocycles. The van der Waals surface area contributed by atoms with Crippen LogP contribution in [0, 0.1) is 87.3 Å². The molecule has 0 atom stereocenters. The summed E-state index contributed by atoms with van der Waals surface area (Å²) >= 11 is -4.02. The third kappa shape index (κ3) is 5.39. The summed E-state index contributed by atoms with van der Waals surface area (Å²) in [6.45, 7) is 0. The zero-order chi connectivity index (χ0) is 29.5. The summed E-state index contributed by atoms with van der Waals surface area (Å²) in [4.78, 5) is 0. The Morgan fingerprint density at radius 1 is 0.308 bits per heavy atom. The van der Waals surface area contributed by atoms with E-state index in [0.717, 1.165) is 0 Å². The van der Waals surface area contributed by atoms with E-state index in [1.165, 1.54) is 24.3 Å². The van der Waals surface area contributed by atoms with Gasteiger partial charge in [-0.15, -0.1) is 0 Å². The van der Waals surface area contributed by atoms with Crippen LogP contribution in [0.1, 0.15) is 12.8 Å². The number of hydrogen-bond acceptors (Lipinski definition) is 1. The molecule has 1 fully saturated rings. The molecule has 0 spiro atoms. The third-order valence-corrected chi connectivity index (χ3v) is 11.9. The molecule has 0 radical (unpaired) electrons. The fourth-order valence-corrected chi connectivity index (χ4v) is 9.74. The molecule has 0 bridgehead atoms. The SMILES string of the molecule is C1CCSC1.Fc1c(F)c(F)[c]([Au]([c]2c(F)c(F)c(F)c(F)c2F)[c]2c(F)c(F)c(F)c(F)c2F)c(F)c1F. The van der Waals surface area contributed by atoms with E-state index < -0.39 is 117 Å². The second-order valence-corrected chi connectivity index (χ2v) is 13.2. The van der Waals surface area contributed by atoms with Crippen LogP contribution in [0.3, 0.4) is 0 Å². The Kier molecular flexibility index (Phi) is 9.66. The summed E-state index contributed by atoms with van der Waals surface area (Å²) in [6.07, 6.45) is 2.93. The molecule has 0 N–H and O–H groups in total. The van der Waals surface area contributed by atoms with Gasteiger partial charge >= 0.3 is 183 Å². The Bertz CT molecular complexity index is 1190. The topological polar surface area (TPSA) is 0 Å². The van der Waals surface area contributed by atoms with Crippen LogP contribution in [0.5, 0.6) is 0 Å². The van der Waals surface area contributed by atoms with E-state index in [1.54, 1.807) is 0 Å². The first-order valence-corrected chi connectivity index (χ1v) is 14.3. The molecule has 1 aliphatic rings. The Morgan fingerprint density at radius 2 is 0.487 bits per heavy atom. The molecule has 0 nitrogen and oxygen atoms in total. The quantitative estimate of drug-likeness (QED) is 0.133. The number of halogens is 15. The first-order valence-electron chi connectivity index (χ1n) is 9.86. The molecule has 0 aliphatic carbocycles. The van der Waals surface area contributed by atoms with Gasteiger partial charge in [0.25, 0.3) is 0 Å². The van der Waals surface area contributed by atoms with E-state index in [2.05, 4.69) is 11.8 Å². The molecule has 1 heterocycles. The van der Waals surface area contributed by atoms with Gasteiger partial charge in [-0.1, -0.05) is 0 Å². The van der Waals surface area contributed by atoms with Gasteiger partial charge in [0.15, 0.2) is 0 Å². The standard InChI is InChI=1S/3C6F5.C4H8S.Au/c3*7-2-1-3(8)5(10)6(11)4(2)9;1-2-4-5-3-1;/h;;;1-4H2;. The van der Waals surface area contributed by atoms with Crippen LogP contribution in [0.25, 0.3) is 0 Å². The van der Waals surface area contributed by atoms with Crippen molar-refractivity contribution < 1.29 is 84.3 Å². The van der Waals surface area contributed by atoms with Crippen molar-refractivity contribution in [2.45, 2.75) is 12.8 Å². The molecular formula is C22H8AuF15S. The van der Waals surface area contributed by atoms with E-state index in [-0.39, 0.29) is 0 Å². The zero-order valence-electron chi connectivity index (χ0n) is 18.2. The Morgan fingerprint density at radius 3 is 0.641 bits per heavy atom. The molecule has 39 heavy (non-hydrogen) atoms. The van der Waals surface area contributed by atoms with Crippen LogP contribution >= 0.6 is 11.8 Å². The molecule has 4 rings (SSSR count).